The highest BCUT2D eigenvalue weighted by molar-refractivity contribution is 5.98. The number of aromatic nitrogens is 1. The summed E-state index contributed by atoms with van der Waals surface area (Å²) >= 11 is 0. The number of nitrogens with zero attached hydrogens (tertiary/aromatic N) is 3. The Labute approximate surface area is 144 Å². The highest BCUT2D eigenvalue weighted by atomic mass is 16.6. The van der Waals surface area contributed by atoms with Gasteiger partial charge in [-0.05, 0) is 31.0 Å². The summed E-state index contributed by atoms with van der Waals surface area (Å²) < 4.78 is 0. The Balaban J connectivity index is 1.77. The van der Waals surface area contributed by atoms with Crippen LogP contribution in [0.5, 0.6) is 0 Å². The van der Waals surface area contributed by atoms with E-state index in [9.17, 15) is 14.9 Å². The smallest absolute Gasteiger partial charge is 0.311 e. The molecule has 2 heterocycles. The number of benzene rings is 1. The van der Waals surface area contributed by atoms with Gasteiger partial charge in [0.25, 0.3) is 5.91 Å². The molecule has 1 saturated heterocycles. The molecule has 1 aromatic carbocycles. The summed E-state index contributed by atoms with van der Waals surface area (Å²) in [6, 6.07) is 8.68. The minimum atomic E-state index is -0.470. The third-order valence-electron chi connectivity index (χ3n) is 4.24. The average Bonchev–Trinajstić information content (AvgIpc) is 3.04. The van der Waals surface area contributed by atoms with Crippen molar-refractivity contribution in [2.45, 2.75) is 19.4 Å². The lowest BCUT2D eigenvalue weighted by atomic mass is 10.1. The van der Waals surface area contributed by atoms with Crippen LogP contribution in [0, 0.1) is 17.0 Å². The predicted octanol–water partition coefficient (Wildman–Crippen LogP) is 2.09. The van der Waals surface area contributed by atoms with Gasteiger partial charge in [-0.15, -0.1) is 0 Å². The van der Waals surface area contributed by atoms with Crippen LogP contribution in [0.15, 0.2) is 36.5 Å². The number of carbonyl (C=O) groups excluding carboxylic acids is 1. The summed E-state index contributed by atoms with van der Waals surface area (Å²) in [5.74, 6) is -0.200. The van der Waals surface area contributed by atoms with Gasteiger partial charge in [0.15, 0.2) is 0 Å². The van der Waals surface area contributed by atoms with Gasteiger partial charge >= 0.3 is 5.69 Å². The number of anilines is 2. The minimum absolute atomic E-state index is 0.00478. The average molecular weight is 341 g/mol. The molecule has 0 bridgehead atoms. The van der Waals surface area contributed by atoms with Crippen LogP contribution >= 0.6 is 0 Å². The number of amides is 1. The zero-order chi connectivity index (χ0) is 18.0. The molecule has 1 fully saturated rings. The largest absolute Gasteiger partial charge is 0.369 e. The molecule has 1 aliphatic heterocycles. The summed E-state index contributed by atoms with van der Waals surface area (Å²) in [5.41, 5.74) is 7.40. The van der Waals surface area contributed by atoms with Crippen molar-refractivity contribution in [3.63, 3.8) is 0 Å². The molecule has 1 aromatic heterocycles. The molecule has 25 heavy (non-hydrogen) atoms. The Kier molecular flexibility index (Phi) is 4.51. The zero-order valence-corrected chi connectivity index (χ0v) is 13.8. The number of nitro groups is 1. The molecule has 8 nitrogen and oxygen atoms in total. The topological polar surface area (TPSA) is 114 Å². The highest BCUT2D eigenvalue weighted by Crippen LogP contribution is 2.28. The number of nitrogens with two attached hydrogens (primary N) is 1. The normalized spacial score (nSPS) is 16.7. The Hall–Kier alpha value is -3.16. The van der Waals surface area contributed by atoms with Gasteiger partial charge in [0.05, 0.1) is 10.5 Å². The molecule has 1 aliphatic rings. The van der Waals surface area contributed by atoms with E-state index < -0.39 is 10.8 Å². The van der Waals surface area contributed by atoms with Crippen molar-refractivity contribution in [1.82, 2.24) is 4.98 Å². The van der Waals surface area contributed by atoms with Crippen LogP contribution in [-0.2, 0) is 0 Å². The molecule has 1 amide bonds. The maximum atomic E-state index is 11.6. The van der Waals surface area contributed by atoms with Crippen molar-refractivity contribution in [2.24, 2.45) is 5.73 Å². The van der Waals surface area contributed by atoms with E-state index in [1.54, 1.807) is 25.3 Å². The Bertz CT molecular complexity index is 824. The first-order chi connectivity index (χ1) is 12.0. The van der Waals surface area contributed by atoms with E-state index >= 15 is 0 Å². The third kappa shape index (κ3) is 3.52. The van der Waals surface area contributed by atoms with E-state index in [1.165, 1.54) is 6.07 Å². The molecule has 130 valence electrons. The lowest BCUT2D eigenvalue weighted by Gasteiger charge is -2.21. The predicted molar refractivity (Wildman–Crippen MR) is 94.8 cm³/mol. The molecule has 3 rings (SSSR count). The van der Waals surface area contributed by atoms with Gasteiger partial charge in [0.1, 0.15) is 0 Å². The first kappa shape index (κ1) is 16.7. The number of hydrogen-bond donors (Lipinski definition) is 2. The quantitative estimate of drug-likeness (QED) is 0.636. The van der Waals surface area contributed by atoms with Gasteiger partial charge in [-0.1, -0.05) is 12.1 Å². The molecule has 3 N–H and O–H groups in total. The van der Waals surface area contributed by atoms with Crippen molar-refractivity contribution in [1.29, 1.82) is 0 Å². The number of para-hydroxylation sites is 1. The van der Waals surface area contributed by atoms with Crippen molar-refractivity contribution in [3.8, 4) is 0 Å². The number of primary amides is 1. The Morgan fingerprint density at radius 2 is 2.20 bits per heavy atom. The van der Waals surface area contributed by atoms with E-state index in [0.29, 0.717) is 12.1 Å². The zero-order valence-electron chi connectivity index (χ0n) is 13.8. The van der Waals surface area contributed by atoms with Crippen LogP contribution in [-0.4, -0.2) is 34.9 Å². The van der Waals surface area contributed by atoms with Crippen LogP contribution in [0.3, 0.4) is 0 Å². The second-order valence-electron chi connectivity index (χ2n) is 6.09. The van der Waals surface area contributed by atoms with Crippen LogP contribution in [0.25, 0.3) is 0 Å². The maximum absolute atomic E-state index is 11.6. The number of nitrogens with one attached hydrogen (secondary N) is 1. The second kappa shape index (κ2) is 6.76. The fourth-order valence-electron chi connectivity index (χ4n) is 3.05. The first-order valence-electron chi connectivity index (χ1n) is 7.97. The van der Waals surface area contributed by atoms with Crippen LogP contribution in [0.4, 0.5) is 17.2 Å². The number of aryl methyl sites for hydroxylation is 1. The summed E-state index contributed by atoms with van der Waals surface area (Å²) in [6.07, 6.45) is 2.38. The standard InChI is InChI=1S/C17H19N5O3/c1-11-8-15(22(24)25)17(19-9-11)20-12-6-7-21(10-12)14-5-3-2-4-13(14)16(18)23/h2-5,8-9,12H,6-7,10H2,1H3,(H2,18,23)(H,19,20)/t12-/m1/s1. The van der Waals surface area contributed by atoms with Crippen LogP contribution in [0.1, 0.15) is 22.3 Å². The molecule has 0 aliphatic carbocycles. The van der Waals surface area contributed by atoms with E-state index in [-0.39, 0.29) is 17.5 Å². The van der Waals surface area contributed by atoms with E-state index in [4.69, 9.17) is 5.73 Å². The minimum Gasteiger partial charge on any atom is -0.369 e. The van der Waals surface area contributed by atoms with Crippen LogP contribution in [0.2, 0.25) is 0 Å². The number of carbonyl (C=O) groups is 1. The van der Waals surface area contributed by atoms with Crippen LogP contribution < -0.4 is 16.0 Å². The lowest BCUT2D eigenvalue weighted by molar-refractivity contribution is -0.384. The highest BCUT2D eigenvalue weighted by Gasteiger charge is 2.27. The lowest BCUT2D eigenvalue weighted by Crippen LogP contribution is -2.28. The molecule has 2 aromatic rings. The molecule has 0 unspecified atom stereocenters. The molecule has 8 heteroatoms. The van der Waals surface area contributed by atoms with Gasteiger partial charge in [-0.25, -0.2) is 4.98 Å². The van der Waals surface area contributed by atoms with E-state index in [0.717, 1.165) is 24.2 Å². The Morgan fingerprint density at radius 1 is 1.44 bits per heavy atom. The molecule has 0 saturated carbocycles. The van der Waals surface area contributed by atoms with Gasteiger partial charge in [0.2, 0.25) is 5.82 Å². The van der Waals surface area contributed by atoms with Gasteiger partial charge in [-0.3, -0.25) is 14.9 Å². The summed E-state index contributed by atoms with van der Waals surface area (Å²) in [6.45, 7) is 3.10. The third-order valence-corrected chi connectivity index (χ3v) is 4.24. The molecule has 0 spiro atoms. The van der Waals surface area contributed by atoms with Gasteiger partial charge in [0, 0.05) is 37.1 Å². The van der Waals surface area contributed by atoms with Gasteiger partial charge in [-0.2, -0.15) is 0 Å². The number of rotatable bonds is 5. The molecule has 0 radical (unpaired) electrons. The summed E-state index contributed by atoms with van der Waals surface area (Å²) in [7, 11) is 0. The van der Waals surface area contributed by atoms with Gasteiger partial charge < -0.3 is 16.0 Å². The second-order valence-corrected chi connectivity index (χ2v) is 6.09. The number of hydrogen-bond acceptors (Lipinski definition) is 6. The fourth-order valence-corrected chi connectivity index (χ4v) is 3.05. The number of pyridine rings is 1. The maximum Gasteiger partial charge on any atom is 0.311 e. The fraction of sp³-hybridized carbons (Fsp3) is 0.294. The monoisotopic (exact) mass is 341 g/mol. The van der Waals surface area contributed by atoms with Crippen molar-refractivity contribution in [3.05, 3.63) is 57.8 Å². The molecular formula is C17H19N5O3. The van der Waals surface area contributed by atoms with E-state index in [1.807, 2.05) is 12.1 Å². The SMILES string of the molecule is Cc1cnc(N[C@@H]2CCN(c3ccccc3C(N)=O)C2)c([N+](=O)[O-])c1. The van der Waals surface area contributed by atoms with Crippen molar-refractivity contribution in [2.75, 3.05) is 23.3 Å². The van der Waals surface area contributed by atoms with E-state index in [2.05, 4.69) is 15.2 Å². The summed E-state index contributed by atoms with van der Waals surface area (Å²) in [5, 5.41) is 14.4. The first-order valence-corrected chi connectivity index (χ1v) is 7.97. The molecule has 1 atom stereocenters. The van der Waals surface area contributed by atoms with Crippen molar-refractivity contribution >= 4 is 23.1 Å². The Morgan fingerprint density at radius 3 is 2.92 bits per heavy atom. The molecular weight excluding hydrogens is 322 g/mol. The summed E-state index contributed by atoms with van der Waals surface area (Å²) in [4.78, 5) is 28.6. The van der Waals surface area contributed by atoms with Crippen molar-refractivity contribution < 1.29 is 9.72 Å².